The molecule has 7 nitrogen and oxygen atoms in total. The molecule has 3 aromatic rings. The minimum atomic E-state index is -0.511. The van der Waals surface area contributed by atoms with Gasteiger partial charge in [-0.1, -0.05) is 0 Å². The first-order valence-corrected chi connectivity index (χ1v) is 6.58. The maximum atomic E-state index is 12.7. The van der Waals surface area contributed by atoms with Crippen LogP contribution in [0.5, 0.6) is 11.5 Å². The number of nitrogens with zero attached hydrogens (tertiary/aromatic N) is 1. The zero-order valence-corrected chi connectivity index (χ0v) is 11.3. The molecule has 0 amide bonds. The smallest absolute Gasteiger partial charge is 0.333 e. The van der Waals surface area contributed by atoms with Crippen molar-refractivity contribution in [3.8, 4) is 11.5 Å². The van der Waals surface area contributed by atoms with Crippen molar-refractivity contribution in [1.29, 1.82) is 0 Å². The summed E-state index contributed by atoms with van der Waals surface area (Å²) in [5.41, 5.74) is 7.01. The number of carbonyl (C=O) groups is 1. The van der Waals surface area contributed by atoms with Gasteiger partial charge in [-0.25, -0.2) is 9.36 Å². The number of nitrogens with one attached hydrogen (secondary N) is 1. The van der Waals surface area contributed by atoms with Crippen molar-refractivity contribution in [3.05, 3.63) is 52.4 Å². The molecule has 110 valence electrons. The first kappa shape index (κ1) is 12.5. The van der Waals surface area contributed by atoms with Crippen LogP contribution in [0, 0.1) is 0 Å². The van der Waals surface area contributed by atoms with Crippen molar-refractivity contribution in [1.82, 2.24) is 9.55 Å². The van der Waals surface area contributed by atoms with E-state index in [9.17, 15) is 9.59 Å². The van der Waals surface area contributed by atoms with Crippen LogP contribution in [-0.4, -0.2) is 22.3 Å². The van der Waals surface area contributed by atoms with E-state index in [1.54, 1.807) is 36.4 Å². The Labute approximate surface area is 123 Å². The molecule has 7 heteroatoms. The van der Waals surface area contributed by atoms with Gasteiger partial charge in [-0.2, -0.15) is 0 Å². The minimum Gasteiger partial charge on any atom is -0.454 e. The Balaban J connectivity index is 1.88. The van der Waals surface area contributed by atoms with Crippen LogP contribution in [0.1, 0.15) is 10.4 Å². The zero-order chi connectivity index (χ0) is 15.3. The molecule has 0 atom stereocenters. The zero-order valence-electron chi connectivity index (χ0n) is 11.3. The highest BCUT2D eigenvalue weighted by molar-refractivity contribution is 6.01. The summed E-state index contributed by atoms with van der Waals surface area (Å²) < 4.78 is 11.5. The molecular weight excluding hydrogens is 286 g/mol. The Kier molecular flexibility index (Phi) is 2.50. The van der Waals surface area contributed by atoms with E-state index in [1.165, 1.54) is 0 Å². The SMILES string of the molecule is Nc1ccc2[nH]c(=O)n(C(=O)c3ccc4c(c3)OCO4)c2c1. The normalized spacial score (nSPS) is 12.7. The lowest BCUT2D eigenvalue weighted by atomic mass is 10.2. The fourth-order valence-electron chi connectivity index (χ4n) is 2.48. The number of hydrogen-bond donors (Lipinski definition) is 2. The molecule has 4 rings (SSSR count). The molecule has 0 unspecified atom stereocenters. The Morgan fingerprint density at radius 1 is 1.14 bits per heavy atom. The summed E-state index contributed by atoms with van der Waals surface area (Å²) in [7, 11) is 0. The summed E-state index contributed by atoms with van der Waals surface area (Å²) >= 11 is 0. The monoisotopic (exact) mass is 297 g/mol. The molecular formula is C15H11N3O4. The quantitative estimate of drug-likeness (QED) is 0.660. The van der Waals surface area contributed by atoms with Crippen molar-refractivity contribution >= 4 is 22.6 Å². The fourth-order valence-corrected chi connectivity index (χ4v) is 2.48. The molecule has 0 radical (unpaired) electrons. The number of H-pyrrole nitrogens is 1. The van der Waals surface area contributed by atoms with E-state index in [2.05, 4.69) is 4.98 Å². The fraction of sp³-hybridized carbons (Fsp3) is 0.0667. The number of fused-ring (bicyclic) bond motifs is 2. The molecule has 2 heterocycles. The van der Waals surface area contributed by atoms with Gasteiger partial charge in [-0.15, -0.1) is 0 Å². The average Bonchev–Trinajstić information content (AvgIpc) is 3.08. The van der Waals surface area contributed by atoms with E-state index < -0.39 is 11.6 Å². The van der Waals surface area contributed by atoms with E-state index in [-0.39, 0.29) is 6.79 Å². The van der Waals surface area contributed by atoms with Gasteiger partial charge in [0, 0.05) is 11.3 Å². The molecule has 1 aliphatic heterocycles. The van der Waals surface area contributed by atoms with Crippen LogP contribution in [0.2, 0.25) is 0 Å². The Morgan fingerprint density at radius 2 is 1.95 bits per heavy atom. The molecule has 22 heavy (non-hydrogen) atoms. The number of hydrogen-bond acceptors (Lipinski definition) is 5. The van der Waals surface area contributed by atoms with Crippen molar-refractivity contribution in [2.45, 2.75) is 0 Å². The standard InChI is InChI=1S/C15H11N3O4/c16-9-2-3-10-11(6-9)18(15(20)17-10)14(19)8-1-4-12-13(5-8)22-7-21-12/h1-6H,7,16H2,(H,17,20). The highest BCUT2D eigenvalue weighted by atomic mass is 16.7. The van der Waals surface area contributed by atoms with Gasteiger partial charge in [0.25, 0.3) is 5.91 Å². The summed E-state index contributed by atoms with van der Waals surface area (Å²) in [5, 5.41) is 0. The lowest BCUT2D eigenvalue weighted by Gasteiger charge is -2.04. The number of benzene rings is 2. The largest absolute Gasteiger partial charge is 0.454 e. The first-order chi connectivity index (χ1) is 10.6. The predicted octanol–water partition coefficient (Wildman–Crippen LogP) is 1.33. The number of nitrogens with two attached hydrogens (primary N) is 1. The van der Waals surface area contributed by atoms with Crippen LogP contribution >= 0.6 is 0 Å². The van der Waals surface area contributed by atoms with Gasteiger partial charge in [0.1, 0.15) is 0 Å². The van der Waals surface area contributed by atoms with Crippen molar-refractivity contribution in [2.24, 2.45) is 0 Å². The summed E-state index contributed by atoms with van der Waals surface area (Å²) in [6.07, 6.45) is 0. The molecule has 0 aliphatic carbocycles. The number of carbonyl (C=O) groups excluding carboxylic acids is 1. The second kappa shape index (κ2) is 4.39. The van der Waals surface area contributed by atoms with Gasteiger partial charge in [-0.05, 0) is 36.4 Å². The molecule has 2 aromatic carbocycles. The van der Waals surface area contributed by atoms with Gasteiger partial charge >= 0.3 is 5.69 Å². The van der Waals surface area contributed by atoms with Crippen molar-refractivity contribution in [2.75, 3.05) is 12.5 Å². The third-order valence-electron chi connectivity index (χ3n) is 3.53. The maximum absolute atomic E-state index is 12.7. The minimum absolute atomic E-state index is 0.122. The van der Waals surface area contributed by atoms with Gasteiger partial charge in [0.05, 0.1) is 11.0 Å². The average molecular weight is 297 g/mol. The highest BCUT2D eigenvalue weighted by Crippen LogP contribution is 2.32. The van der Waals surface area contributed by atoms with E-state index in [0.29, 0.717) is 33.8 Å². The van der Waals surface area contributed by atoms with Crippen LogP contribution < -0.4 is 20.9 Å². The number of aromatic amines is 1. The highest BCUT2D eigenvalue weighted by Gasteiger charge is 2.20. The lowest BCUT2D eigenvalue weighted by Crippen LogP contribution is -2.24. The maximum Gasteiger partial charge on any atom is 0.333 e. The number of anilines is 1. The lowest BCUT2D eigenvalue weighted by molar-refractivity contribution is 0.0960. The van der Waals surface area contributed by atoms with Gasteiger partial charge in [0.15, 0.2) is 11.5 Å². The molecule has 1 aromatic heterocycles. The summed E-state index contributed by atoms with van der Waals surface area (Å²) in [6.45, 7) is 0.122. The summed E-state index contributed by atoms with van der Waals surface area (Å²) in [5.74, 6) is 0.602. The van der Waals surface area contributed by atoms with Crippen LogP contribution in [0.25, 0.3) is 11.0 Å². The van der Waals surface area contributed by atoms with E-state index in [4.69, 9.17) is 15.2 Å². The summed E-state index contributed by atoms with van der Waals surface area (Å²) in [4.78, 5) is 27.4. The van der Waals surface area contributed by atoms with E-state index in [0.717, 1.165) is 4.57 Å². The first-order valence-electron chi connectivity index (χ1n) is 6.58. The molecule has 0 saturated heterocycles. The number of rotatable bonds is 1. The third kappa shape index (κ3) is 1.76. The molecule has 0 saturated carbocycles. The van der Waals surface area contributed by atoms with Crippen LogP contribution in [0.3, 0.4) is 0 Å². The second-order valence-corrected chi connectivity index (χ2v) is 4.92. The predicted molar refractivity (Wildman–Crippen MR) is 79.3 cm³/mol. The summed E-state index contributed by atoms with van der Waals surface area (Å²) in [6, 6.07) is 9.70. The van der Waals surface area contributed by atoms with Crippen LogP contribution in [0.4, 0.5) is 5.69 Å². The van der Waals surface area contributed by atoms with Crippen LogP contribution in [-0.2, 0) is 0 Å². The molecule has 0 bridgehead atoms. The number of nitrogen functional groups attached to an aromatic ring is 1. The Hall–Kier alpha value is -3.22. The van der Waals surface area contributed by atoms with Crippen molar-refractivity contribution < 1.29 is 14.3 Å². The van der Waals surface area contributed by atoms with E-state index >= 15 is 0 Å². The second-order valence-electron chi connectivity index (χ2n) is 4.92. The van der Waals surface area contributed by atoms with Crippen molar-refractivity contribution in [3.63, 3.8) is 0 Å². The third-order valence-corrected chi connectivity index (χ3v) is 3.53. The van der Waals surface area contributed by atoms with E-state index in [1.807, 2.05) is 0 Å². The van der Waals surface area contributed by atoms with Gasteiger partial charge < -0.3 is 20.2 Å². The molecule has 1 aliphatic rings. The molecule has 3 N–H and O–H groups in total. The van der Waals surface area contributed by atoms with Gasteiger partial charge in [0.2, 0.25) is 6.79 Å². The topological polar surface area (TPSA) is 99.3 Å². The molecule has 0 fully saturated rings. The Morgan fingerprint density at radius 3 is 2.82 bits per heavy atom. The van der Waals surface area contributed by atoms with Gasteiger partial charge in [-0.3, -0.25) is 4.79 Å². The number of ether oxygens (including phenoxy) is 2. The number of imidazole rings is 1. The number of aromatic nitrogens is 2. The molecule has 0 spiro atoms. The van der Waals surface area contributed by atoms with Crippen LogP contribution in [0.15, 0.2) is 41.2 Å². The Bertz CT molecular complexity index is 971.